The molecule has 16 heteroatoms. The molecule has 4 aliphatic rings. The van der Waals surface area contributed by atoms with Crippen LogP contribution in [0, 0.1) is 30.1 Å². The molecule has 1 aromatic heterocycles. The van der Waals surface area contributed by atoms with E-state index in [1.165, 1.54) is 4.90 Å². The zero-order valence-electron chi connectivity index (χ0n) is 45.5. The van der Waals surface area contributed by atoms with E-state index in [0.29, 0.717) is 26.0 Å². The Balaban J connectivity index is 0.716. The van der Waals surface area contributed by atoms with Crippen LogP contribution in [0.3, 0.4) is 0 Å². The van der Waals surface area contributed by atoms with Crippen LogP contribution in [0.15, 0.2) is 103 Å². The summed E-state index contributed by atoms with van der Waals surface area (Å²) >= 11 is 1.57. The Bertz CT molecular complexity index is 2930. The summed E-state index contributed by atoms with van der Waals surface area (Å²) in [6.45, 7) is 10.7. The molecule has 1 saturated carbocycles. The number of likely N-dealkylation sites (tertiary alicyclic amines) is 2. The number of fused-ring (bicyclic) bond motifs is 4. The Morgan fingerprint density at radius 1 is 0.833 bits per heavy atom. The van der Waals surface area contributed by atoms with Gasteiger partial charge < -0.3 is 35.8 Å². The van der Waals surface area contributed by atoms with E-state index in [-0.39, 0.29) is 92.8 Å². The van der Waals surface area contributed by atoms with E-state index in [0.717, 1.165) is 74.3 Å². The Hall–Kier alpha value is -6.75. The number of aromatic nitrogens is 1. The fraction of sp³-hybridized carbons (Fsp3) is 0.468. The molecule has 3 heterocycles. The zero-order chi connectivity index (χ0) is 55.3. The Labute approximate surface area is 461 Å². The highest BCUT2D eigenvalue weighted by atomic mass is 32.1. The molecule has 0 bridgehead atoms. The predicted octanol–water partition coefficient (Wildman–Crippen LogP) is 8.66. The Morgan fingerprint density at radius 3 is 2.15 bits per heavy atom. The minimum Gasteiger partial charge on any atom is -0.448 e. The van der Waals surface area contributed by atoms with Crippen molar-refractivity contribution in [3.05, 3.63) is 136 Å². The molecule has 2 saturated heterocycles. The van der Waals surface area contributed by atoms with E-state index in [9.17, 15) is 33.9 Å². The molecule has 8 atom stereocenters. The number of rotatable bonds is 23. The van der Waals surface area contributed by atoms with Gasteiger partial charge in [-0.2, -0.15) is 0 Å². The largest absolute Gasteiger partial charge is 0.448 e. The molecule has 5 aromatic rings. The van der Waals surface area contributed by atoms with E-state index in [2.05, 4.69) is 39.9 Å². The molecule has 2 aliphatic carbocycles. The highest BCUT2D eigenvalue weighted by Crippen LogP contribution is 2.51. The average Bonchev–Trinajstić information content (AvgIpc) is 3.76. The molecule has 0 spiro atoms. The summed E-state index contributed by atoms with van der Waals surface area (Å²) in [7, 11) is 0. The van der Waals surface area contributed by atoms with Crippen molar-refractivity contribution in [1.29, 1.82) is 0 Å². The highest BCUT2D eigenvalue weighted by molar-refractivity contribution is 7.13. The number of aliphatic hydroxyl groups is 1. The van der Waals surface area contributed by atoms with Crippen molar-refractivity contribution >= 4 is 46.8 Å². The zero-order valence-corrected chi connectivity index (χ0v) is 46.3. The number of ketones is 1. The number of primary amides is 1. The van der Waals surface area contributed by atoms with Crippen molar-refractivity contribution in [3.8, 4) is 21.6 Å². The van der Waals surface area contributed by atoms with Gasteiger partial charge in [0.2, 0.25) is 23.6 Å². The second-order valence-electron chi connectivity index (χ2n) is 23.0. The number of nitrogens with zero attached hydrogens (tertiary/aromatic N) is 3. The topological polar surface area (TPSA) is 211 Å². The van der Waals surface area contributed by atoms with Crippen LogP contribution < -0.4 is 16.4 Å². The number of carbonyl (C=O) groups excluding carboxylic acids is 6. The molecule has 2 aliphatic heterocycles. The van der Waals surface area contributed by atoms with E-state index in [1.807, 2.05) is 113 Å². The van der Waals surface area contributed by atoms with Gasteiger partial charge in [-0.25, -0.2) is 9.78 Å². The number of amides is 5. The van der Waals surface area contributed by atoms with Crippen molar-refractivity contribution in [2.45, 2.75) is 142 Å². The average molecular weight is 1080 g/mol. The molecule has 78 heavy (non-hydrogen) atoms. The smallest absolute Gasteiger partial charge is 0.410 e. The number of Topliss-reactive ketones (excluding diaryl/α,β-unsaturated/α-hetero) is 1. The minimum absolute atomic E-state index is 0.000187. The van der Waals surface area contributed by atoms with Crippen LogP contribution in [0.2, 0.25) is 0 Å². The number of nitrogens with two attached hydrogens (primary N) is 1. The molecule has 0 radical (unpaired) electrons. The molecule has 5 amide bonds. The number of unbranched alkanes of at least 4 members (excludes halogenated alkanes) is 1. The van der Waals surface area contributed by atoms with Gasteiger partial charge in [-0.15, -0.1) is 11.3 Å². The summed E-state index contributed by atoms with van der Waals surface area (Å²) < 4.78 is 12.4. The molecule has 9 rings (SSSR count). The first kappa shape index (κ1) is 56.0. The van der Waals surface area contributed by atoms with E-state index < -0.39 is 47.6 Å². The number of ether oxygens (including phenoxy) is 2. The number of piperidine rings is 1. The highest BCUT2D eigenvalue weighted by Gasteiger charge is 2.57. The molecule has 0 unspecified atom stereocenters. The maximum Gasteiger partial charge on any atom is 0.410 e. The lowest BCUT2D eigenvalue weighted by Gasteiger charge is -2.35. The third-order valence-electron chi connectivity index (χ3n) is 16.3. The summed E-state index contributed by atoms with van der Waals surface area (Å²) in [4.78, 5) is 89.5. The fourth-order valence-corrected chi connectivity index (χ4v) is 12.6. The maximum absolute atomic E-state index is 14.2. The standard InChI is InChI=1S/C62H74N6O9S/c1-37-57(78-36-65-37)42-24-22-40(23-25-42)31-64-59(73)52-30-45(69)33-67(52)60(74)58(62(3,4)5)66-55(72)17-11-6-12-39-18-20-41(21-19-39)34-76-38(2)43(26-27-54(63)71)29-53(70)56-50-28-44(50)32-68(56)61(75)77-35-51-48-15-9-7-13-46(48)47-14-8-10-16-49(47)51/h7-10,13-16,18-25,36,38,43-45,50-52,56,58,69H,6,11-12,17,26-35H2,1-5H3,(H2,63,71)(H,64,73)(H,66,72)/t38-,43-,44-,45-,50-,52+,56+,58-/m1/s1. The second-order valence-corrected chi connectivity index (χ2v) is 23.8. The third-order valence-corrected chi connectivity index (χ3v) is 17.3. The summed E-state index contributed by atoms with van der Waals surface area (Å²) in [6, 6.07) is 30.0. The van der Waals surface area contributed by atoms with Gasteiger partial charge in [-0.1, -0.05) is 118 Å². The number of β-amino-alcohol motifs (C(OH)–C–C–N with tert-alkyl or cyclic N) is 1. The number of aliphatic hydroxyl groups excluding tert-OH is 1. The number of hydrogen-bond acceptors (Lipinski definition) is 11. The van der Waals surface area contributed by atoms with Gasteiger partial charge in [0.25, 0.3) is 0 Å². The van der Waals surface area contributed by atoms with Crippen LogP contribution in [-0.2, 0) is 53.0 Å². The number of thiazole rings is 1. The number of hydrogen-bond donors (Lipinski definition) is 4. The van der Waals surface area contributed by atoms with Gasteiger partial charge in [-0.05, 0) is 114 Å². The van der Waals surface area contributed by atoms with Gasteiger partial charge in [-0.3, -0.25) is 28.9 Å². The normalized spacial score (nSPS) is 20.5. The molecule has 15 nitrogen and oxygen atoms in total. The second kappa shape index (κ2) is 24.5. The van der Waals surface area contributed by atoms with Crippen LogP contribution >= 0.6 is 11.3 Å². The van der Waals surface area contributed by atoms with Crippen molar-refractivity contribution in [1.82, 2.24) is 25.4 Å². The fourth-order valence-electron chi connectivity index (χ4n) is 11.7. The number of benzene rings is 4. The molecular weight excluding hydrogens is 1000 g/mol. The molecule has 3 fully saturated rings. The van der Waals surface area contributed by atoms with Gasteiger partial charge in [0.1, 0.15) is 18.7 Å². The van der Waals surface area contributed by atoms with Crippen molar-refractivity contribution in [2.75, 3.05) is 19.7 Å². The van der Waals surface area contributed by atoms with Crippen molar-refractivity contribution < 1.29 is 43.3 Å². The lowest BCUT2D eigenvalue weighted by atomic mass is 9.85. The first-order valence-corrected chi connectivity index (χ1v) is 28.5. The minimum atomic E-state index is -0.908. The van der Waals surface area contributed by atoms with Gasteiger partial charge in [0.15, 0.2) is 5.78 Å². The van der Waals surface area contributed by atoms with Crippen molar-refractivity contribution in [3.63, 3.8) is 0 Å². The van der Waals surface area contributed by atoms with Gasteiger partial charge in [0.05, 0.1) is 40.9 Å². The number of aryl methyl sites for hydroxylation is 2. The van der Waals surface area contributed by atoms with Crippen LogP contribution in [0.25, 0.3) is 21.6 Å². The molecule has 4 aromatic carbocycles. The summed E-state index contributed by atoms with van der Waals surface area (Å²) in [5, 5.41) is 16.6. The first-order chi connectivity index (χ1) is 37.4. The van der Waals surface area contributed by atoms with Crippen molar-refractivity contribution in [2.24, 2.45) is 28.9 Å². The van der Waals surface area contributed by atoms with E-state index >= 15 is 0 Å². The van der Waals surface area contributed by atoms with E-state index in [1.54, 1.807) is 16.2 Å². The summed E-state index contributed by atoms with van der Waals surface area (Å²) in [5.74, 6) is -1.51. The maximum atomic E-state index is 14.2. The molecule has 5 N–H and O–H groups in total. The lowest BCUT2D eigenvalue weighted by molar-refractivity contribution is -0.144. The monoisotopic (exact) mass is 1080 g/mol. The van der Waals surface area contributed by atoms with Crippen LogP contribution in [0.5, 0.6) is 0 Å². The van der Waals surface area contributed by atoms with Crippen LogP contribution in [-0.4, -0.2) is 105 Å². The van der Waals surface area contributed by atoms with Crippen LogP contribution in [0.4, 0.5) is 4.79 Å². The predicted molar refractivity (Wildman–Crippen MR) is 299 cm³/mol. The molecular formula is C62H74N6O9S. The van der Waals surface area contributed by atoms with Gasteiger partial charge in [0, 0.05) is 51.2 Å². The SMILES string of the molecule is Cc1ncsc1-c1ccc(CNC(=O)[C@@H]2C[C@@H](O)CN2C(=O)[C@@H](NC(=O)CCCCc2ccc(CO[C@H](C)[C@H](CCC(N)=O)CC(=O)[C@@H]3[C@@H]4C[C@@H]4CN3C(=O)OCC3c4ccccc4-c4ccccc43)cc2)C(C)(C)C)cc1. The van der Waals surface area contributed by atoms with Crippen LogP contribution in [0.1, 0.15) is 118 Å². The summed E-state index contributed by atoms with van der Waals surface area (Å²) in [5.41, 5.74) is 16.2. The number of nitrogens with one attached hydrogen (secondary N) is 2. The lowest BCUT2D eigenvalue weighted by Crippen LogP contribution is -2.57. The molecule has 412 valence electrons. The Kier molecular flexibility index (Phi) is 17.6. The first-order valence-electron chi connectivity index (χ1n) is 27.6. The third kappa shape index (κ3) is 13.2. The summed E-state index contributed by atoms with van der Waals surface area (Å²) in [6.07, 6.45) is 2.21. The van der Waals surface area contributed by atoms with Gasteiger partial charge >= 0.3 is 6.09 Å². The Morgan fingerprint density at radius 2 is 1.50 bits per heavy atom. The number of carbonyl (C=O) groups is 6. The quantitative estimate of drug-likeness (QED) is 0.0458. The van der Waals surface area contributed by atoms with E-state index in [4.69, 9.17) is 15.2 Å².